The normalized spacial score (nSPS) is 16.3. The van der Waals surface area contributed by atoms with Crippen LogP contribution < -0.4 is 10.5 Å². The highest BCUT2D eigenvalue weighted by Crippen LogP contribution is 2.15. The van der Waals surface area contributed by atoms with Crippen molar-refractivity contribution >= 4 is 5.91 Å². The lowest BCUT2D eigenvalue weighted by Gasteiger charge is -2.35. The zero-order valence-electron chi connectivity index (χ0n) is 12.9. The first kappa shape index (κ1) is 15.8. The molecule has 1 amide bonds. The number of nitrogens with two attached hydrogens (primary N) is 1. The van der Waals surface area contributed by atoms with Crippen LogP contribution in [0.15, 0.2) is 24.3 Å². The summed E-state index contributed by atoms with van der Waals surface area (Å²) in [6, 6.07) is 8.13. The van der Waals surface area contributed by atoms with Crippen molar-refractivity contribution in [1.29, 1.82) is 0 Å². The van der Waals surface area contributed by atoms with Crippen LogP contribution in [0.2, 0.25) is 0 Å². The molecule has 1 aliphatic rings. The van der Waals surface area contributed by atoms with Crippen LogP contribution in [0.25, 0.3) is 0 Å². The van der Waals surface area contributed by atoms with Gasteiger partial charge in [-0.2, -0.15) is 0 Å². The summed E-state index contributed by atoms with van der Waals surface area (Å²) in [7, 11) is 4.19. The predicted molar refractivity (Wildman–Crippen MR) is 83.1 cm³/mol. The quantitative estimate of drug-likeness (QED) is 0.882. The number of benzene rings is 1. The van der Waals surface area contributed by atoms with E-state index in [2.05, 4.69) is 19.0 Å². The zero-order chi connectivity index (χ0) is 15.2. The molecule has 5 heteroatoms. The molecule has 21 heavy (non-hydrogen) atoms. The Labute approximate surface area is 126 Å². The summed E-state index contributed by atoms with van der Waals surface area (Å²) in [6.45, 7) is 2.25. The molecule has 0 spiro atoms. The van der Waals surface area contributed by atoms with Gasteiger partial charge in [-0.1, -0.05) is 12.1 Å². The first-order chi connectivity index (χ1) is 10.1. The molecule has 5 nitrogen and oxygen atoms in total. The van der Waals surface area contributed by atoms with Crippen molar-refractivity contribution in [3.8, 4) is 5.75 Å². The molecule has 0 aliphatic carbocycles. The van der Waals surface area contributed by atoms with Gasteiger partial charge in [-0.25, -0.2) is 0 Å². The summed E-state index contributed by atoms with van der Waals surface area (Å²) in [4.78, 5) is 16.3. The number of likely N-dealkylation sites (tertiary alicyclic amines) is 1. The van der Waals surface area contributed by atoms with Gasteiger partial charge in [0.1, 0.15) is 5.75 Å². The van der Waals surface area contributed by atoms with E-state index in [-0.39, 0.29) is 12.5 Å². The number of piperidine rings is 1. The van der Waals surface area contributed by atoms with Gasteiger partial charge in [0.25, 0.3) is 5.91 Å². The second-order valence-electron chi connectivity index (χ2n) is 5.71. The Hall–Kier alpha value is -1.59. The first-order valence-electron chi connectivity index (χ1n) is 7.46. The molecule has 0 unspecified atom stereocenters. The maximum Gasteiger partial charge on any atom is 0.260 e. The first-order valence-corrected chi connectivity index (χ1v) is 7.46. The van der Waals surface area contributed by atoms with Gasteiger partial charge in [-0.05, 0) is 44.6 Å². The largest absolute Gasteiger partial charge is 0.484 e. The van der Waals surface area contributed by atoms with E-state index in [9.17, 15) is 4.79 Å². The van der Waals surface area contributed by atoms with Gasteiger partial charge in [0.05, 0.1) is 0 Å². The number of carbonyl (C=O) groups is 1. The van der Waals surface area contributed by atoms with E-state index in [0.29, 0.717) is 18.3 Å². The fourth-order valence-corrected chi connectivity index (χ4v) is 2.59. The van der Waals surface area contributed by atoms with Crippen LogP contribution in [-0.2, 0) is 11.3 Å². The smallest absolute Gasteiger partial charge is 0.260 e. The average molecular weight is 291 g/mol. The Bertz CT molecular complexity index is 451. The highest BCUT2D eigenvalue weighted by Gasteiger charge is 2.23. The van der Waals surface area contributed by atoms with Crippen LogP contribution >= 0.6 is 0 Å². The molecule has 0 radical (unpaired) electrons. The number of hydrogen-bond acceptors (Lipinski definition) is 4. The Morgan fingerprint density at radius 1 is 1.29 bits per heavy atom. The molecule has 1 aromatic rings. The lowest BCUT2D eigenvalue weighted by atomic mass is 10.0. The molecule has 1 fully saturated rings. The molecule has 2 rings (SSSR count). The monoisotopic (exact) mass is 291 g/mol. The third-order valence-corrected chi connectivity index (χ3v) is 4.07. The minimum Gasteiger partial charge on any atom is -0.484 e. The molecule has 1 saturated heterocycles. The Morgan fingerprint density at radius 2 is 1.90 bits per heavy atom. The van der Waals surface area contributed by atoms with Gasteiger partial charge in [0.15, 0.2) is 6.61 Å². The zero-order valence-corrected chi connectivity index (χ0v) is 12.9. The van der Waals surface area contributed by atoms with Crippen molar-refractivity contribution in [2.24, 2.45) is 5.73 Å². The number of rotatable bonds is 5. The van der Waals surface area contributed by atoms with Gasteiger partial charge < -0.3 is 20.3 Å². The van der Waals surface area contributed by atoms with Crippen LogP contribution in [0.1, 0.15) is 18.4 Å². The summed E-state index contributed by atoms with van der Waals surface area (Å²) in [5, 5.41) is 0. The number of ether oxygens (including phenoxy) is 1. The van der Waals surface area contributed by atoms with E-state index in [4.69, 9.17) is 10.5 Å². The second kappa shape index (κ2) is 7.43. The number of nitrogens with zero attached hydrogens (tertiary/aromatic N) is 2. The van der Waals surface area contributed by atoms with Crippen LogP contribution in [0, 0.1) is 0 Å². The van der Waals surface area contributed by atoms with Gasteiger partial charge in [-0.15, -0.1) is 0 Å². The minimum absolute atomic E-state index is 0.0649. The topological polar surface area (TPSA) is 58.8 Å². The molecular weight excluding hydrogens is 266 g/mol. The number of carbonyl (C=O) groups excluding carboxylic acids is 1. The fourth-order valence-electron chi connectivity index (χ4n) is 2.59. The highest BCUT2D eigenvalue weighted by molar-refractivity contribution is 5.77. The van der Waals surface area contributed by atoms with Crippen LogP contribution in [0.3, 0.4) is 0 Å². The summed E-state index contributed by atoms with van der Waals surface area (Å²) in [5.74, 6) is 0.777. The standard InChI is InChI=1S/C16H25N3O2/c1-18(2)14-7-9-19(10-8-14)16(20)12-21-15-5-3-13(11-17)4-6-15/h3-6,14H,7-12,17H2,1-2H3. The summed E-state index contributed by atoms with van der Waals surface area (Å²) in [6.07, 6.45) is 2.06. The third kappa shape index (κ3) is 4.44. The maximum absolute atomic E-state index is 12.1. The molecule has 1 heterocycles. The number of amides is 1. The van der Waals surface area contributed by atoms with Crippen molar-refractivity contribution in [1.82, 2.24) is 9.80 Å². The van der Waals surface area contributed by atoms with E-state index in [1.165, 1.54) is 0 Å². The highest BCUT2D eigenvalue weighted by atomic mass is 16.5. The SMILES string of the molecule is CN(C)C1CCN(C(=O)COc2ccc(CN)cc2)CC1. The lowest BCUT2D eigenvalue weighted by Crippen LogP contribution is -2.45. The minimum atomic E-state index is 0.0649. The van der Waals surface area contributed by atoms with E-state index in [1.807, 2.05) is 29.2 Å². The average Bonchev–Trinajstić information content (AvgIpc) is 2.53. The third-order valence-electron chi connectivity index (χ3n) is 4.07. The molecule has 1 aromatic carbocycles. The molecule has 0 saturated carbocycles. The van der Waals surface area contributed by atoms with Gasteiger partial charge >= 0.3 is 0 Å². The van der Waals surface area contributed by atoms with Crippen LogP contribution in [0.5, 0.6) is 5.75 Å². The number of hydrogen-bond donors (Lipinski definition) is 1. The second-order valence-corrected chi connectivity index (χ2v) is 5.71. The van der Waals surface area contributed by atoms with Crippen molar-refractivity contribution in [2.75, 3.05) is 33.8 Å². The molecule has 116 valence electrons. The molecule has 0 aromatic heterocycles. The van der Waals surface area contributed by atoms with Gasteiger partial charge in [0.2, 0.25) is 0 Å². The van der Waals surface area contributed by atoms with E-state index in [0.717, 1.165) is 31.5 Å². The Balaban J connectivity index is 1.77. The van der Waals surface area contributed by atoms with Crippen molar-refractivity contribution in [2.45, 2.75) is 25.4 Å². The summed E-state index contributed by atoms with van der Waals surface area (Å²) < 4.78 is 5.55. The summed E-state index contributed by atoms with van der Waals surface area (Å²) in [5.41, 5.74) is 6.60. The molecular formula is C16H25N3O2. The van der Waals surface area contributed by atoms with E-state index >= 15 is 0 Å². The Kier molecular flexibility index (Phi) is 5.59. The molecule has 0 bridgehead atoms. The van der Waals surface area contributed by atoms with E-state index < -0.39 is 0 Å². The maximum atomic E-state index is 12.1. The van der Waals surface area contributed by atoms with E-state index in [1.54, 1.807) is 0 Å². The van der Waals surface area contributed by atoms with Crippen molar-refractivity contribution in [3.63, 3.8) is 0 Å². The van der Waals surface area contributed by atoms with Gasteiger partial charge in [-0.3, -0.25) is 4.79 Å². The summed E-state index contributed by atoms with van der Waals surface area (Å²) >= 11 is 0. The molecule has 1 aliphatic heterocycles. The van der Waals surface area contributed by atoms with Crippen molar-refractivity contribution < 1.29 is 9.53 Å². The van der Waals surface area contributed by atoms with Crippen LogP contribution in [-0.4, -0.2) is 55.5 Å². The Morgan fingerprint density at radius 3 is 2.43 bits per heavy atom. The van der Waals surface area contributed by atoms with Crippen LogP contribution in [0.4, 0.5) is 0 Å². The molecule has 2 N–H and O–H groups in total. The molecule has 0 atom stereocenters. The van der Waals surface area contributed by atoms with Crippen molar-refractivity contribution in [3.05, 3.63) is 29.8 Å². The fraction of sp³-hybridized carbons (Fsp3) is 0.562. The predicted octanol–water partition coefficient (Wildman–Crippen LogP) is 1.08. The van der Waals surface area contributed by atoms with Gasteiger partial charge in [0, 0.05) is 25.7 Å². The lowest BCUT2D eigenvalue weighted by molar-refractivity contribution is -0.134.